The SMILES string of the molecule is CCON=C(C)c1ccc(F)cc1C(F)(F)F. The standard InChI is InChI=1S/C11H11F4NO/c1-3-17-16-7(2)9-5-4-8(12)6-10(9)11(13,14)15/h4-6H,3H2,1-2H3. The van der Waals surface area contributed by atoms with E-state index < -0.39 is 17.6 Å². The van der Waals surface area contributed by atoms with Crippen molar-refractivity contribution in [1.82, 2.24) is 0 Å². The summed E-state index contributed by atoms with van der Waals surface area (Å²) < 4.78 is 50.8. The summed E-state index contributed by atoms with van der Waals surface area (Å²) in [6.45, 7) is 3.28. The number of hydrogen-bond acceptors (Lipinski definition) is 2. The zero-order chi connectivity index (χ0) is 13.1. The van der Waals surface area contributed by atoms with Crippen molar-refractivity contribution in [2.45, 2.75) is 20.0 Å². The molecule has 0 unspecified atom stereocenters. The van der Waals surface area contributed by atoms with Gasteiger partial charge in [0.15, 0.2) is 0 Å². The summed E-state index contributed by atoms with van der Waals surface area (Å²) in [4.78, 5) is 4.67. The van der Waals surface area contributed by atoms with Crippen LogP contribution in [0, 0.1) is 5.82 Å². The van der Waals surface area contributed by atoms with Crippen LogP contribution in [0.1, 0.15) is 25.0 Å². The number of benzene rings is 1. The van der Waals surface area contributed by atoms with Crippen molar-refractivity contribution in [2.75, 3.05) is 6.61 Å². The van der Waals surface area contributed by atoms with Crippen LogP contribution in [0.4, 0.5) is 17.6 Å². The Balaban J connectivity index is 3.24. The number of rotatable bonds is 3. The van der Waals surface area contributed by atoms with Gasteiger partial charge in [0, 0.05) is 5.56 Å². The summed E-state index contributed by atoms with van der Waals surface area (Å²) in [5.74, 6) is -0.940. The molecule has 0 aliphatic heterocycles. The Morgan fingerprint density at radius 2 is 2.00 bits per heavy atom. The predicted octanol–water partition coefficient (Wildman–Crippen LogP) is 3.61. The topological polar surface area (TPSA) is 21.6 Å². The lowest BCUT2D eigenvalue weighted by molar-refractivity contribution is -0.137. The molecule has 1 aromatic carbocycles. The molecule has 6 heteroatoms. The van der Waals surface area contributed by atoms with Crippen molar-refractivity contribution in [3.63, 3.8) is 0 Å². The molecule has 0 fully saturated rings. The highest BCUT2D eigenvalue weighted by atomic mass is 19.4. The van der Waals surface area contributed by atoms with Gasteiger partial charge in [-0.15, -0.1) is 0 Å². The molecule has 0 N–H and O–H groups in total. The minimum Gasteiger partial charge on any atom is -0.396 e. The van der Waals surface area contributed by atoms with Crippen LogP contribution in [0.2, 0.25) is 0 Å². The fourth-order valence-corrected chi connectivity index (χ4v) is 1.28. The van der Waals surface area contributed by atoms with Gasteiger partial charge in [-0.1, -0.05) is 5.16 Å². The first-order valence-corrected chi connectivity index (χ1v) is 4.90. The molecule has 0 atom stereocenters. The van der Waals surface area contributed by atoms with Crippen LogP contribution in [-0.4, -0.2) is 12.3 Å². The smallest absolute Gasteiger partial charge is 0.396 e. The number of nitrogens with zero attached hydrogens (tertiary/aromatic N) is 1. The highest BCUT2D eigenvalue weighted by Crippen LogP contribution is 2.32. The lowest BCUT2D eigenvalue weighted by Gasteiger charge is -2.12. The molecule has 0 spiro atoms. The van der Waals surface area contributed by atoms with Crippen molar-refractivity contribution in [1.29, 1.82) is 0 Å². The van der Waals surface area contributed by atoms with Gasteiger partial charge >= 0.3 is 6.18 Å². The summed E-state index contributed by atoms with van der Waals surface area (Å²) in [5, 5.41) is 3.51. The van der Waals surface area contributed by atoms with Crippen LogP contribution in [-0.2, 0) is 11.0 Å². The van der Waals surface area contributed by atoms with Crippen LogP contribution in [0.5, 0.6) is 0 Å². The van der Waals surface area contributed by atoms with Crippen LogP contribution < -0.4 is 0 Å². The molecular formula is C11H11F4NO. The van der Waals surface area contributed by atoms with Crippen LogP contribution in [0.3, 0.4) is 0 Å². The van der Waals surface area contributed by atoms with Gasteiger partial charge in [0.1, 0.15) is 12.4 Å². The zero-order valence-corrected chi connectivity index (χ0v) is 9.31. The molecule has 0 bridgehead atoms. The third-order valence-electron chi connectivity index (χ3n) is 2.01. The van der Waals surface area contributed by atoms with E-state index in [9.17, 15) is 17.6 Å². The lowest BCUT2D eigenvalue weighted by Crippen LogP contribution is -2.12. The van der Waals surface area contributed by atoms with E-state index in [4.69, 9.17) is 0 Å². The minimum atomic E-state index is -4.62. The normalized spacial score (nSPS) is 12.7. The van der Waals surface area contributed by atoms with E-state index in [2.05, 4.69) is 9.99 Å². The molecule has 0 aromatic heterocycles. The monoisotopic (exact) mass is 249 g/mol. The predicted molar refractivity (Wildman–Crippen MR) is 55.2 cm³/mol. The Labute approximate surface area is 95.9 Å². The number of oxime groups is 1. The third kappa shape index (κ3) is 3.44. The average Bonchev–Trinajstić information content (AvgIpc) is 2.24. The molecule has 0 aliphatic rings. The molecule has 1 rings (SSSR count). The summed E-state index contributed by atoms with van der Waals surface area (Å²) in [6.07, 6.45) is -4.62. The van der Waals surface area contributed by atoms with E-state index in [1.165, 1.54) is 6.92 Å². The Hall–Kier alpha value is -1.59. The Bertz CT molecular complexity index is 426. The molecule has 0 saturated heterocycles. The van der Waals surface area contributed by atoms with Crippen LogP contribution in [0.15, 0.2) is 23.4 Å². The highest BCUT2D eigenvalue weighted by molar-refractivity contribution is 5.99. The molecule has 0 aliphatic carbocycles. The average molecular weight is 249 g/mol. The van der Waals surface area contributed by atoms with Crippen molar-refractivity contribution in [2.24, 2.45) is 5.16 Å². The summed E-state index contributed by atoms with van der Waals surface area (Å²) in [6, 6.07) is 2.44. The Morgan fingerprint density at radius 3 is 2.53 bits per heavy atom. The Morgan fingerprint density at radius 1 is 1.35 bits per heavy atom. The molecule has 17 heavy (non-hydrogen) atoms. The fourth-order valence-electron chi connectivity index (χ4n) is 1.28. The van der Waals surface area contributed by atoms with E-state index in [-0.39, 0.29) is 17.9 Å². The quantitative estimate of drug-likeness (QED) is 0.455. The van der Waals surface area contributed by atoms with Crippen molar-refractivity contribution in [3.05, 3.63) is 35.1 Å². The molecule has 0 saturated carbocycles. The number of halogens is 4. The van der Waals surface area contributed by atoms with Gasteiger partial charge in [0.2, 0.25) is 0 Å². The van der Waals surface area contributed by atoms with Gasteiger partial charge in [-0.25, -0.2) is 4.39 Å². The first kappa shape index (κ1) is 13.5. The molecule has 0 radical (unpaired) electrons. The summed E-state index contributed by atoms with van der Waals surface area (Å²) >= 11 is 0. The number of alkyl halides is 3. The van der Waals surface area contributed by atoms with Gasteiger partial charge in [-0.2, -0.15) is 13.2 Å². The molecule has 0 heterocycles. The van der Waals surface area contributed by atoms with Gasteiger partial charge < -0.3 is 4.84 Å². The minimum absolute atomic E-state index is 0.0548. The van der Waals surface area contributed by atoms with Crippen LogP contribution in [0.25, 0.3) is 0 Å². The maximum atomic E-state index is 12.8. The third-order valence-corrected chi connectivity index (χ3v) is 2.01. The Kier molecular flexibility index (Phi) is 4.09. The lowest BCUT2D eigenvalue weighted by atomic mass is 10.0. The molecule has 94 valence electrons. The fraction of sp³-hybridized carbons (Fsp3) is 0.364. The van der Waals surface area contributed by atoms with E-state index in [1.807, 2.05) is 0 Å². The van der Waals surface area contributed by atoms with Gasteiger partial charge in [-0.3, -0.25) is 0 Å². The molecule has 1 aromatic rings. The van der Waals surface area contributed by atoms with E-state index >= 15 is 0 Å². The molecular weight excluding hydrogens is 238 g/mol. The first-order valence-electron chi connectivity index (χ1n) is 4.90. The van der Waals surface area contributed by atoms with E-state index in [0.29, 0.717) is 6.07 Å². The second-order valence-corrected chi connectivity index (χ2v) is 3.28. The largest absolute Gasteiger partial charge is 0.417 e. The van der Waals surface area contributed by atoms with Gasteiger partial charge in [0.25, 0.3) is 0 Å². The summed E-state index contributed by atoms with van der Waals surface area (Å²) in [5.41, 5.74) is -1.19. The molecule has 2 nitrogen and oxygen atoms in total. The van der Waals surface area contributed by atoms with Crippen LogP contribution >= 0.6 is 0 Å². The number of hydrogen-bond donors (Lipinski definition) is 0. The highest BCUT2D eigenvalue weighted by Gasteiger charge is 2.34. The molecule has 0 amide bonds. The van der Waals surface area contributed by atoms with Gasteiger partial charge in [-0.05, 0) is 32.0 Å². The second kappa shape index (κ2) is 5.16. The van der Waals surface area contributed by atoms with Crippen molar-refractivity contribution in [3.8, 4) is 0 Å². The van der Waals surface area contributed by atoms with Gasteiger partial charge in [0.05, 0.1) is 11.3 Å². The zero-order valence-electron chi connectivity index (χ0n) is 9.31. The maximum Gasteiger partial charge on any atom is 0.417 e. The summed E-state index contributed by atoms with van der Waals surface area (Å²) in [7, 11) is 0. The van der Waals surface area contributed by atoms with Crippen molar-refractivity contribution < 1.29 is 22.4 Å². The van der Waals surface area contributed by atoms with E-state index in [0.717, 1.165) is 12.1 Å². The second-order valence-electron chi connectivity index (χ2n) is 3.28. The first-order chi connectivity index (χ1) is 7.86. The van der Waals surface area contributed by atoms with Crippen molar-refractivity contribution >= 4 is 5.71 Å². The maximum absolute atomic E-state index is 12.8. The van der Waals surface area contributed by atoms with E-state index in [1.54, 1.807) is 6.92 Å².